The summed E-state index contributed by atoms with van der Waals surface area (Å²) in [6, 6.07) is -0.208. The maximum Gasteiger partial charge on any atom is 0.329 e. The average molecular weight is 268 g/mol. The molecule has 0 spiro atoms. The fraction of sp³-hybridized carbons (Fsp3) is 0.857. The third kappa shape index (κ3) is 2.69. The maximum absolute atomic E-state index is 12.2. The van der Waals surface area contributed by atoms with E-state index in [9.17, 15) is 14.7 Å². The fourth-order valence-electron chi connectivity index (χ4n) is 2.81. The van der Waals surface area contributed by atoms with E-state index in [0.29, 0.717) is 18.3 Å². The standard InChI is InChI=1S/C14H24N2O3/c1-3-13(2)7-9-16(10-8-13)12(19)15-14(11(17)18)5-4-6-14/h3-10H2,1-2H3,(H,15,19)(H,17,18). The van der Waals surface area contributed by atoms with Crippen LogP contribution in [-0.2, 0) is 4.79 Å². The van der Waals surface area contributed by atoms with Crippen LogP contribution in [0.4, 0.5) is 4.79 Å². The Morgan fingerprint density at radius 1 is 1.21 bits per heavy atom. The van der Waals surface area contributed by atoms with Crippen molar-refractivity contribution in [2.45, 2.75) is 57.9 Å². The number of piperidine rings is 1. The van der Waals surface area contributed by atoms with Gasteiger partial charge in [0.2, 0.25) is 0 Å². The minimum absolute atomic E-state index is 0.208. The Morgan fingerprint density at radius 3 is 2.16 bits per heavy atom. The molecule has 0 unspecified atom stereocenters. The van der Waals surface area contributed by atoms with Crippen LogP contribution in [0.2, 0.25) is 0 Å². The molecule has 1 aliphatic carbocycles. The van der Waals surface area contributed by atoms with Crippen molar-refractivity contribution in [3.63, 3.8) is 0 Å². The second kappa shape index (κ2) is 5.02. The van der Waals surface area contributed by atoms with Crippen molar-refractivity contribution in [1.29, 1.82) is 0 Å². The summed E-state index contributed by atoms with van der Waals surface area (Å²) >= 11 is 0. The Labute approximate surface area is 114 Å². The van der Waals surface area contributed by atoms with Crippen LogP contribution < -0.4 is 5.32 Å². The number of likely N-dealkylation sites (tertiary alicyclic amines) is 1. The molecule has 0 aromatic rings. The van der Waals surface area contributed by atoms with E-state index < -0.39 is 11.5 Å². The van der Waals surface area contributed by atoms with Crippen LogP contribution in [0.5, 0.6) is 0 Å². The van der Waals surface area contributed by atoms with Crippen LogP contribution in [0.25, 0.3) is 0 Å². The van der Waals surface area contributed by atoms with Crippen molar-refractivity contribution in [2.75, 3.05) is 13.1 Å². The van der Waals surface area contributed by atoms with Gasteiger partial charge >= 0.3 is 12.0 Å². The zero-order chi connectivity index (χ0) is 14.1. The highest BCUT2D eigenvalue weighted by Gasteiger charge is 2.46. The second-order valence-electron chi connectivity index (χ2n) is 6.32. The summed E-state index contributed by atoms with van der Waals surface area (Å²) in [5, 5.41) is 12.0. The molecule has 0 atom stereocenters. The van der Waals surface area contributed by atoms with Gasteiger partial charge in [-0.15, -0.1) is 0 Å². The summed E-state index contributed by atoms with van der Waals surface area (Å²) in [5.74, 6) is -0.900. The first-order chi connectivity index (χ1) is 8.91. The Kier molecular flexibility index (Phi) is 3.74. The predicted molar refractivity (Wildman–Crippen MR) is 72.0 cm³/mol. The largest absolute Gasteiger partial charge is 0.480 e. The van der Waals surface area contributed by atoms with Crippen LogP contribution in [-0.4, -0.2) is 40.6 Å². The monoisotopic (exact) mass is 268 g/mol. The molecule has 0 aromatic carbocycles. The van der Waals surface area contributed by atoms with E-state index in [1.165, 1.54) is 0 Å². The SMILES string of the molecule is CCC1(C)CCN(C(=O)NC2(C(=O)O)CCC2)CC1. The van der Waals surface area contributed by atoms with Crippen LogP contribution in [0, 0.1) is 5.41 Å². The van der Waals surface area contributed by atoms with Gasteiger partial charge in [-0.1, -0.05) is 20.3 Å². The molecular formula is C14H24N2O3. The molecule has 19 heavy (non-hydrogen) atoms. The number of hydrogen-bond acceptors (Lipinski definition) is 2. The zero-order valence-corrected chi connectivity index (χ0v) is 11.9. The topological polar surface area (TPSA) is 69.6 Å². The molecule has 0 bridgehead atoms. The molecule has 1 saturated heterocycles. The van der Waals surface area contributed by atoms with Gasteiger partial charge in [0.1, 0.15) is 5.54 Å². The number of carbonyl (C=O) groups excluding carboxylic acids is 1. The number of hydrogen-bond donors (Lipinski definition) is 2. The Morgan fingerprint density at radius 2 is 1.79 bits per heavy atom. The van der Waals surface area contributed by atoms with Gasteiger partial charge in [-0.05, 0) is 37.5 Å². The molecule has 2 rings (SSSR count). The third-order valence-electron chi connectivity index (χ3n) is 5.07. The molecule has 1 heterocycles. The number of aliphatic carboxylic acids is 1. The van der Waals surface area contributed by atoms with Gasteiger partial charge < -0.3 is 15.3 Å². The highest BCUT2D eigenvalue weighted by atomic mass is 16.4. The highest BCUT2D eigenvalue weighted by Crippen LogP contribution is 2.35. The van der Waals surface area contributed by atoms with Crippen molar-refractivity contribution in [1.82, 2.24) is 10.2 Å². The number of rotatable bonds is 3. The summed E-state index contributed by atoms with van der Waals surface area (Å²) < 4.78 is 0. The number of carbonyl (C=O) groups is 2. The molecule has 2 amide bonds. The number of nitrogens with one attached hydrogen (secondary N) is 1. The van der Waals surface area contributed by atoms with Gasteiger partial charge in [0.15, 0.2) is 0 Å². The van der Waals surface area contributed by atoms with Gasteiger partial charge in [0, 0.05) is 13.1 Å². The van der Waals surface area contributed by atoms with Crippen molar-refractivity contribution >= 4 is 12.0 Å². The third-order valence-corrected chi connectivity index (χ3v) is 5.07. The van der Waals surface area contributed by atoms with E-state index >= 15 is 0 Å². The summed E-state index contributed by atoms with van der Waals surface area (Å²) in [5.41, 5.74) is -0.666. The van der Waals surface area contributed by atoms with E-state index in [-0.39, 0.29) is 6.03 Å². The van der Waals surface area contributed by atoms with Gasteiger partial charge in [-0.3, -0.25) is 0 Å². The molecule has 1 aliphatic heterocycles. The molecular weight excluding hydrogens is 244 g/mol. The van der Waals surface area contributed by atoms with Crippen LogP contribution in [0.1, 0.15) is 52.4 Å². The van der Waals surface area contributed by atoms with Crippen molar-refractivity contribution in [3.05, 3.63) is 0 Å². The number of amides is 2. The summed E-state index contributed by atoms with van der Waals surface area (Å²) in [7, 11) is 0. The number of nitrogens with zero attached hydrogens (tertiary/aromatic N) is 1. The molecule has 5 heteroatoms. The fourth-order valence-corrected chi connectivity index (χ4v) is 2.81. The lowest BCUT2D eigenvalue weighted by Crippen LogP contribution is -2.62. The molecule has 2 fully saturated rings. The molecule has 108 valence electrons. The van der Waals surface area contributed by atoms with Crippen LogP contribution in [0.15, 0.2) is 0 Å². The van der Waals surface area contributed by atoms with Gasteiger partial charge in [0.05, 0.1) is 0 Å². The number of carboxylic acids is 1. The maximum atomic E-state index is 12.2. The Balaban J connectivity index is 1.90. The quantitative estimate of drug-likeness (QED) is 0.824. The molecule has 1 saturated carbocycles. The first kappa shape index (κ1) is 14.2. The molecule has 2 N–H and O–H groups in total. The van der Waals surface area contributed by atoms with Crippen molar-refractivity contribution < 1.29 is 14.7 Å². The first-order valence-electron chi connectivity index (χ1n) is 7.21. The van der Waals surface area contributed by atoms with E-state index in [1.807, 2.05) is 0 Å². The number of urea groups is 1. The van der Waals surface area contributed by atoms with Crippen molar-refractivity contribution in [2.24, 2.45) is 5.41 Å². The van der Waals surface area contributed by atoms with Crippen molar-refractivity contribution in [3.8, 4) is 0 Å². The van der Waals surface area contributed by atoms with Crippen LogP contribution >= 0.6 is 0 Å². The zero-order valence-electron chi connectivity index (χ0n) is 11.9. The van der Waals surface area contributed by atoms with Gasteiger partial charge in [-0.25, -0.2) is 9.59 Å². The van der Waals surface area contributed by atoms with Crippen LogP contribution in [0.3, 0.4) is 0 Å². The lowest BCUT2D eigenvalue weighted by molar-refractivity contribution is -0.148. The minimum Gasteiger partial charge on any atom is -0.480 e. The first-order valence-corrected chi connectivity index (χ1v) is 7.21. The lowest BCUT2D eigenvalue weighted by atomic mass is 9.76. The average Bonchev–Trinajstić information content (AvgIpc) is 2.34. The summed E-state index contributed by atoms with van der Waals surface area (Å²) in [4.78, 5) is 25.2. The molecule has 5 nitrogen and oxygen atoms in total. The Bertz CT molecular complexity index is 369. The summed E-state index contributed by atoms with van der Waals surface area (Å²) in [6.07, 6.45) is 5.10. The van der Waals surface area contributed by atoms with E-state index in [1.54, 1.807) is 4.90 Å². The van der Waals surface area contributed by atoms with Gasteiger partial charge in [0.25, 0.3) is 0 Å². The summed E-state index contributed by atoms with van der Waals surface area (Å²) in [6.45, 7) is 5.90. The molecule has 0 radical (unpaired) electrons. The highest BCUT2D eigenvalue weighted by molar-refractivity contribution is 5.87. The van der Waals surface area contributed by atoms with E-state index in [4.69, 9.17) is 0 Å². The smallest absolute Gasteiger partial charge is 0.329 e. The Hall–Kier alpha value is -1.26. The van der Waals surface area contributed by atoms with Gasteiger partial charge in [-0.2, -0.15) is 0 Å². The van der Waals surface area contributed by atoms with E-state index in [2.05, 4.69) is 19.2 Å². The normalized spacial score (nSPS) is 24.4. The van der Waals surface area contributed by atoms with E-state index in [0.717, 1.165) is 38.8 Å². The molecule has 2 aliphatic rings. The predicted octanol–water partition coefficient (Wildman–Crippen LogP) is 2.22. The second-order valence-corrected chi connectivity index (χ2v) is 6.32. The number of carboxylic acid groups (broad SMARTS) is 1. The lowest BCUT2D eigenvalue weighted by Gasteiger charge is -2.43. The minimum atomic E-state index is -0.997. The molecule has 0 aromatic heterocycles.